The van der Waals surface area contributed by atoms with E-state index in [0.29, 0.717) is 17.9 Å². The first kappa shape index (κ1) is 14.3. The maximum Gasteiger partial charge on any atom is 0.409 e. The van der Waals surface area contributed by atoms with E-state index in [2.05, 4.69) is 26.9 Å². The third kappa shape index (κ3) is 2.31. The van der Waals surface area contributed by atoms with Crippen molar-refractivity contribution in [1.82, 2.24) is 19.9 Å². The number of hydrogen-bond donors (Lipinski definition) is 1. The Bertz CT molecular complexity index is 716. The lowest BCUT2D eigenvalue weighted by Gasteiger charge is -2.27. The molecule has 1 saturated heterocycles. The molecule has 1 amide bonds. The number of carbonyl (C=O) groups is 1. The van der Waals surface area contributed by atoms with Gasteiger partial charge in [-0.2, -0.15) is 0 Å². The zero-order valence-corrected chi connectivity index (χ0v) is 13.4. The van der Waals surface area contributed by atoms with E-state index in [4.69, 9.17) is 4.74 Å². The number of carbonyl (C=O) groups excluding carboxylic acids is 1. The Hall–Kier alpha value is -2.31. The monoisotopic (exact) mass is 315 g/mol. The molecule has 0 spiro atoms. The van der Waals surface area contributed by atoms with Crippen LogP contribution in [-0.4, -0.2) is 59.2 Å². The predicted molar refractivity (Wildman–Crippen MR) is 86.3 cm³/mol. The van der Waals surface area contributed by atoms with Gasteiger partial charge in [-0.25, -0.2) is 14.8 Å². The second kappa shape index (κ2) is 5.40. The first-order chi connectivity index (χ1) is 11.2. The maximum atomic E-state index is 11.7. The fraction of sp³-hybridized carbons (Fsp3) is 0.562. The first-order valence-corrected chi connectivity index (χ1v) is 8.01. The van der Waals surface area contributed by atoms with Gasteiger partial charge >= 0.3 is 6.09 Å². The number of nitrogens with one attached hydrogen (secondary N) is 1. The van der Waals surface area contributed by atoms with E-state index < -0.39 is 0 Å². The van der Waals surface area contributed by atoms with Crippen molar-refractivity contribution in [3.05, 3.63) is 18.6 Å². The van der Waals surface area contributed by atoms with Crippen molar-refractivity contribution in [1.29, 1.82) is 0 Å². The normalized spacial score (nSPS) is 26.5. The minimum Gasteiger partial charge on any atom is -0.453 e. The fourth-order valence-electron chi connectivity index (χ4n) is 4.18. The summed E-state index contributed by atoms with van der Waals surface area (Å²) in [5, 5.41) is 1.06. The first-order valence-electron chi connectivity index (χ1n) is 8.01. The van der Waals surface area contributed by atoms with Gasteiger partial charge in [-0.05, 0) is 30.7 Å². The van der Waals surface area contributed by atoms with Crippen molar-refractivity contribution in [3.63, 3.8) is 0 Å². The summed E-state index contributed by atoms with van der Waals surface area (Å²) in [5.41, 5.74) is 0.872. The third-order valence-electron chi connectivity index (χ3n) is 5.37. The summed E-state index contributed by atoms with van der Waals surface area (Å²) in [5.74, 6) is 2.10. The van der Waals surface area contributed by atoms with Gasteiger partial charge in [-0.15, -0.1) is 0 Å². The molecule has 1 aliphatic carbocycles. The number of anilines is 1. The molecule has 4 rings (SSSR count). The zero-order chi connectivity index (χ0) is 16.0. The molecule has 0 unspecified atom stereocenters. The highest BCUT2D eigenvalue weighted by Gasteiger charge is 2.44. The van der Waals surface area contributed by atoms with Crippen LogP contribution in [0.3, 0.4) is 0 Å². The highest BCUT2D eigenvalue weighted by molar-refractivity contribution is 5.87. The van der Waals surface area contributed by atoms with Gasteiger partial charge in [0, 0.05) is 32.4 Å². The number of ether oxygens (including phenoxy) is 1. The van der Waals surface area contributed by atoms with E-state index in [0.717, 1.165) is 42.8 Å². The SMILES string of the molecule is COC(=O)N1C[C@H]2C[C@@H](N(C)c3ncnc4[nH]ccc34)C[C@H]2C1. The lowest BCUT2D eigenvalue weighted by molar-refractivity contribution is 0.129. The van der Waals surface area contributed by atoms with Crippen LogP contribution in [0.5, 0.6) is 0 Å². The molecule has 2 fully saturated rings. The number of likely N-dealkylation sites (tertiary alicyclic amines) is 1. The molecular weight excluding hydrogens is 294 g/mol. The van der Waals surface area contributed by atoms with Crippen molar-refractivity contribution >= 4 is 22.9 Å². The van der Waals surface area contributed by atoms with E-state index >= 15 is 0 Å². The van der Waals surface area contributed by atoms with Gasteiger partial charge < -0.3 is 19.5 Å². The molecule has 3 heterocycles. The van der Waals surface area contributed by atoms with Crippen LogP contribution in [-0.2, 0) is 4.74 Å². The van der Waals surface area contributed by atoms with Gasteiger partial charge in [0.1, 0.15) is 17.8 Å². The summed E-state index contributed by atoms with van der Waals surface area (Å²) in [6.07, 6.45) is 5.48. The van der Waals surface area contributed by atoms with Crippen LogP contribution in [0.4, 0.5) is 10.6 Å². The van der Waals surface area contributed by atoms with E-state index in [1.165, 1.54) is 7.11 Å². The minimum atomic E-state index is -0.200. The largest absolute Gasteiger partial charge is 0.453 e. The summed E-state index contributed by atoms with van der Waals surface area (Å²) < 4.78 is 4.84. The van der Waals surface area contributed by atoms with Crippen LogP contribution < -0.4 is 4.90 Å². The maximum absolute atomic E-state index is 11.7. The summed E-state index contributed by atoms with van der Waals surface area (Å²) in [6, 6.07) is 2.48. The molecule has 1 saturated carbocycles. The van der Waals surface area contributed by atoms with Gasteiger partial charge in [0.15, 0.2) is 0 Å². The van der Waals surface area contributed by atoms with Crippen molar-refractivity contribution in [2.45, 2.75) is 18.9 Å². The highest BCUT2D eigenvalue weighted by Crippen LogP contribution is 2.41. The topological polar surface area (TPSA) is 74.3 Å². The van der Waals surface area contributed by atoms with Crippen LogP contribution in [0.25, 0.3) is 11.0 Å². The van der Waals surface area contributed by atoms with Gasteiger partial charge in [0.05, 0.1) is 12.5 Å². The average molecular weight is 315 g/mol. The summed E-state index contributed by atoms with van der Waals surface area (Å²) in [7, 11) is 3.56. The molecule has 2 aromatic rings. The number of hydrogen-bond acceptors (Lipinski definition) is 5. The number of nitrogens with zero attached hydrogens (tertiary/aromatic N) is 4. The lowest BCUT2D eigenvalue weighted by atomic mass is 10.0. The molecule has 7 nitrogen and oxygen atoms in total. The van der Waals surface area contributed by atoms with Crippen molar-refractivity contribution in [2.75, 3.05) is 32.1 Å². The van der Waals surface area contributed by atoms with Crippen molar-refractivity contribution in [3.8, 4) is 0 Å². The molecule has 3 atom stereocenters. The highest BCUT2D eigenvalue weighted by atomic mass is 16.5. The Kier molecular flexibility index (Phi) is 3.36. The Labute approximate surface area is 134 Å². The molecule has 1 N–H and O–H groups in total. The lowest BCUT2D eigenvalue weighted by Crippen LogP contribution is -2.34. The number of methoxy groups -OCH3 is 1. The van der Waals surface area contributed by atoms with Crippen LogP contribution >= 0.6 is 0 Å². The zero-order valence-electron chi connectivity index (χ0n) is 13.4. The molecule has 1 aliphatic heterocycles. The minimum absolute atomic E-state index is 0.200. The number of H-pyrrole nitrogens is 1. The molecule has 0 bridgehead atoms. The number of fused-ring (bicyclic) bond motifs is 2. The van der Waals surface area contributed by atoms with Crippen LogP contribution in [0, 0.1) is 11.8 Å². The standard InChI is InChI=1S/C16H21N5O2/c1-20(15-13-3-4-17-14(13)18-9-19-15)12-5-10-7-21(16(22)23-2)8-11(10)6-12/h3-4,9-12H,5-8H2,1-2H3,(H,17,18,19)/t10-,11+,12-. The second-order valence-electron chi connectivity index (χ2n) is 6.57. The number of rotatable bonds is 2. The van der Waals surface area contributed by atoms with E-state index in [1.807, 2.05) is 17.2 Å². The molecule has 0 aromatic carbocycles. The van der Waals surface area contributed by atoms with Crippen LogP contribution in [0.15, 0.2) is 18.6 Å². The fourth-order valence-corrected chi connectivity index (χ4v) is 4.18. The van der Waals surface area contributed by atoms with Gasteiger partial charge in [0.25, 0.3) is 0 Å². The summed E-state index contributed by atoms with van der Waals surface area (Å²) in [6.45, 7) is 1.62. The van der Waals surface area contributed by atoms with Gasteiger partial charge in [-0.1, -0.05) is 0 Å². The van der Waals surface area contributed by atoms with E-state index in [1.54, 1.807) is 6.33 Å². The molecular formula is C16H21N5O2. The summed E-state index contributed by atoms with van der Waals surface area (Å²) in [4.78, 5) is 27.7. The molecule has 7 heteroatoms. The predicted octanol–water partition coefficient (Wildman–Crippen LogP) is 1.87. The second-order valence-corrected chi connectivity index (χ2v) is 6.57. The number of aromatic nitrogens is 3. The third-order valence-corrected chi connectivity index (χ3v) is 5.37. The summed E-state index contributed by atoms with van der Waals surface area (Å²) >= 11 is 0. The molecule has 23 heavy (non-hydrogen) atoms. The smallest absolute Gasteiger partial charge is 0.409 e. The molecule has 122 valence electrons. The molecule has 2 aromatic heterocycles. The van der Waals surface area contributed by atoms with Crippen molar-refractivity contribution in [2.24, 2.45) is 11.8 Å². The Morgan fingerprint density at radius 2 is 2.09 bits per heavy atom. The van der Waals surface area contributed by atoms with Crippen LogP contribution in [0.1, 0.15) is 12.8 Å². The van der Waals surface area contributed by atoms with E-state index in [9.17, 15) is 4.79 Å². The Morgan fingerprint density at radius 3 is 2.78 bits per heavy atom. The van der Waals surface area contributed by atoms with E-state index in [-0.39, 0.29) is 6.09 Å². The number of aromatic amines is 1. The molecule has 0 radical (unpaired) electrons. The quantitative estimate of drug-likeness (QED) is 0.916. The Balaban J connectivity index is 1.49. The van der Waals surface area contributed by atoms with Gasteiger partial charge in [-0.3, -0.25) is 0 Å². The molecule has 2 aliphatic rings. The van der Waals surface area contributed by atoms with Crippen LogP contribution in [0.2, 0.25) is 0 Å². The van der Waals surface area contributed by atoms with Crippen molar-refractivity contribution < 1.29 is 9.53 Å². The number of amides is 1. The Morgan fingerprint density at radius 1 is 1.35 bits per heavy atom. The average Bonchev–Trinajstić information content (AvgIpc) is 3.26. The van der Waals surface area contributed by atoms with Gasteiger partial charge in [0.2, 0.25) is 0 Å².